The summed E-state index contributed by atoms with van der Waals surface area (Å²) < 4.78 is 35.6. The molecule has 3 rings (SSSR count). The van der Waals surface area contributed by atoms with Crippen molar-refractivity contribution in [2.24, 2.45) is 0 Å². The lowest BCUT2D eigenvalue weighted by atomic mass is 10.2. The monoisotopic (exact) mass is 396 g/mol. The van der Waals surface area contributed by atoms with Crippen LogP contribution in [0.25, 0.3) is 0 Å². The molecule has 0 aliphatic rings. The summed E-state index contributed by atoms with van der Waals surface area (Å²) in [5.74, 6) is -0.527. The molecule has 0 amide bonds. The molecule has 0 saturated carbocycles. The Morgan fingerprint density at radius 2 is 1.14 bits per heavy atom. The third kappa shape index (κ3) is 4.44. The molecule has 142 valence electrons. The van der Waals surface area contributed by atoms with E-state index in [4.69, 9.17) is 9.47 Å². The van der Waals surface area contributed by atoms with Crippen molar-refractivity contribution in [1.29, 1.82) is 0 Å². The molecule has 28 heavy (non-hydrogen) atoms. The number of esters is 2. The molecule has 6 nitrogen and oxygen atoms in total. The van der Waals surface area contributed by atoms with Crippen LogP contribution in [-0.4, -0.2) is 20.4 Å². The van der Waals surface area contributed by atoms with Gasteiger partial charge in [0.15, 0.2) is 0 Å². The van der Waals surface area contributed by atoms with Gasteiger partial charge in [0.05, 0.1) is 15.4 Å². The van der Waals surface area contributed by atoms with Crippen LogP contribution in [0.2, 0.25) is 0 Å². The Morgan fingerprint density at radius 3 is 1.61 bits per heavy atom. The number of sulfone groups is 1. The fourth-order valence-electron chi connectivity index (χ4n) is 2.42. The molecule has 0 aromatic heterocycles. The van der Waals surface area contributed by atoms with Crippen LogP contribution in [0.3, 0.4) is 0 Å². The van der Waals surface area contributed by atoms with Crippen molar-refractivity contribution in [2.45, 2.75) is 16.7 Å². The summed E-state index contributed by atoms with van der Waals surface area (Å²) in [6, 6.07) is 19.6. The summed E-state index contributed by atoms with van der Waals surface area (Å²) in [6.45, 7) is 1.26. The van der Waals surface area contributed by atoms with Gasteiger partial charge in [-0.15, -0.1) is 0 Å². The van der Waals surface area contributed by atoms with Crippen molar-refractivity contribution in [3.8, 4) is 11.5 Å². The van der Waals surface area contributed by atoms with Crippen LogP contribution in [0.1, 0.15) is 17.3 Å². The zero-order valence-electron chi connectivity index (χ0n) is 14.9. The average Bonchev–Trinajstić information content (AvgIpc) is 2.69. The van der Waals surface area contributed by atoms with Gasteiger partial charge in [0.2, 0.25) is 9.84 Å². The van der Waals surface area contributed by atoms with E-state index in [1.165, 1.54) is 55.5 Å². The molecular formula is C21H16O6S. The third-order valence-electron chi connectivity index (χ3n) is 3.75. The standard InChI is InChI=1S/C21H16O6S/c1-15(22)26-17-7-11-19(12-8-17)28(24,25)20-13-9-18(10-14-20)27-21(23)16-5-3-2-4-6-16/h2-14H,1H3. The number of benzene rings is 3. The van der Waals surface area contributed by atoms with E-state index in [2.05, 4.69) is 0 Å². The lowest BCUT2D eigenvalue weighted by molar-refractivity contribution is -0.131. The number of carbonyl (C=O) groups excluding carboxylic acids is 2. The maximum Gasteiger partial charge on any atom is 0.343 e. The third-order valence-corrected chi connectivity index (χ3v) is 5.54. The lowest BCUT2D eigenvalue weighted by Crippen LogP contribution is -2.08. The number of rotatable bonds is 5. The molecule has 0 unspecified atom stereocenters. The van der Waals surface area contributed by atoms with E-state index in [1.807, 2.05) is 0 Å². The van der Waals surface area contributed by atoms with Gasteiger partial charge in [0.1, 0.15) is 11.5 Å². The first kappa shape index (κ1) is 19.3. The predicted octanol–water partition coefficient (Wildman–Crippen LogP) is 3.66. The van der Waals surface area contributed by atoms with Gasteiger partial charge < -0.3 is 9.47 Å². The highest BCUT2D eigenvalue weighted by Crippen LogP contribution is 2.25. The van der Waals surface area contributed by atoms with Crippen LogP contribution in [0.4, 0.5) is 0 Å². The second-order valence-electron chi connectivity index (χ2n) is 5.80. The van der Waals surface area contributed by atoms with Crippen LogP contribution in [0.15, 0.2) is 88.7 Å². The SMILES string of the molecule is CC(=O)Oc1ccc(S(=O)(=O)c2ccc(OC(=O)c3ccccc3)cc2)cc1. The Morgan fingerprint density at radius 1 is 0.679 bits per heavy atom. The summed E-state index contributed by atoms with van der Waals surface area (Å²) in [4.78, 5) is 23.1. The smallest absolute Gasteiger partial charge is 0.343 e. The second kappa shape index (κ2) is 8.06. The molecule has 0 saturated heterocycles. The van der Waals surface area contributed by atoms with Crippen molar-refractivity contribution in [3.63, 3.8) is 0 Å². The molecule has 0 N–H and O–H groups in total. The summed E-state index contributed by atoms with van der Waals surface area (Å²) in [5, 5.41) is 0. The molecule has 0 atom stereocenters. The van der Waals surface area contributed by atoms with Crippen molar-refractivity contribution in [3.05, 3.63) is 84.4 Å². The Balaban J connectivity index is 1.76. The largest absolute Gasteiger partial charge is 0.427 e. The van der Waals surface area contributed by atoms with Crippen LogP contribution in [0, 0.1) is 0 Å². The van der Waals surface area contributed by atoms with Crippen LogP contribution in [0.5, 0.6) is 11.5 Å². The number of ether oxygens (including phenoxy) is 2. The maximum absolute atomic E-state index is 12.7. The normalized spacial score (nSPS) is 10.9. The van der Waals surface area contributed by atoms with E-state index in [0.717, 1.165) is 0 Å². The van der Waals surface area contributed by atoms with Gasteiger partial charge in [-0.05, 0) is 60.7 Å². The highest BCUT2D eigenvalue weighted by molar-refractivity contribution is 7.91. The first-order chi connectivity index (χ1) is 13.4. The molecule has 0 spiro atoms. The van der Waals surface area contributed by atoms with Gasteiger partial charge >= 0.3 is 11.9 Å². The Bertz CT molecular complexity index is 1090. The van der Waals surface area contributed by atoms with Crippen LogP contribution in [-0.2, 0) is 14.6 Å². The van der Waals surface area contributed by atoms with Crippen LogP contribution >= 0.6 is 0 Å². The zero-order valence-corrected chi connectivity index (χ0v) is 15.7. The van der Waals surface area contributed by atoms with E-state index in [1.54, 1.807) is 30.3 Å². The number of hydrogen-bond acceptors (Lipinski definition) is 6. The second-order valence-corrected chi connectivity index (χ2v) is 7.75. The van der Waals surface area contributed by atoms with Crippen molar-refractivity contribution in [2.75, 3.05) is 0 Å². The molecule has 0 radical (unpaired) electrons. The molecule has 7 heteroatoms. The molecular weight excluding hydrogens is 380 g/mol. The van der Waals surface area contributed by atoms with Gasteiger partial charge in [0.25, 0.3) is 0 Å². The fourth-order valence-corrected chi connectivity index (χ4v) is 3.68. The molecule has 3 aromatic carbocycles. The maximum atomic E-state index is 12.7. The summed E-state index contributed by atoms with van der Waals surface area (Å²) in [5.41, 5.74) is 0.395. The predicted molar refractivity (Wildman–Crippen MR) is 101 cm³/mol. The van der Waals surface area contributed by atoms with Gasteiger partial charge in [-0.1, -0.05) is 18.2 Å². The van der Waals surface area contributed by atoms with Crippen LogP contribution < -0.4 is 9.47 Å². The quantitative estimate of drug-likeness (QED) is 0.483. The Hall–Kier alpha value is -3.45. The first-order valence-electron chi connectivity index (χ1n) is 8.27. The summed E-state index contributed by atoms with van der Waals surface area (Å²) in [7, 11) is -3.76. The Labute approximate surface area is 162 Å². The van der Waals surface area contributed by atoms with Gasteiger partial charge in [0, 0.05) is 6.92 Å². The molecule has 0 bridgehead atoms. The highest BCUT2D eigenvalue weighted by Gasteiger charge is 2.18. The number of carbonyl (C=O) groups is 2. The topological polar surface area (TPSA) is 86.7 Å². The van der Waals surface area contributed by atoms with E-state index < -0.39 is 21.8 Å². The minimum Gasteiger partial charge on any atom is -0.427 e. The van der Waals surface area contributed by atoms with E-state index in [-0.39, 0.29) is 21.3 Å². The molecule has 3 aromatic rings. The minimum atomic E-state index is -3.76. The molecule has 0 heterocycles. The summed E-state index contributed by atoms with van der Waals surface area (Å²) in [6.07, 6.45) is 0. The van der Waals surface area contributed by atoms with E-state index in [9.17, 15) is 18.0 Å². The van der Waals surface area contributed by atoms with E-state index in [0.29, 0.717) is 5.56 Å². The molecule has 0 aliphatic carbocycles. The summed E-state index contributed by atoms with van der Waals surface area (Å²) >= 11 is 0. The van der Waals surface area contributed by atoms with Gasteiger partial charge in [-0.2, -0.15) is 0 Å². The number of hydrogen-bond donors (Lipinski definition) is 0. The highest BCUT2D eigenvalue weighted by atomic mass is 32.2. The average molecular weight is 396 g/mol. The van der Waals surface area contributed by atoms with Crippen molar-refractivity contribution >= 4 is 21.8 Å². The fraction of sp³-hybridized carbons (Fsp3) is 0.0476. The lowest BCUT2D eigenvalue weighted by Gasteiger charge is -2.08. The Kier molecular flexibility index (Phi) is 5.56. The van der Waals surface area contributed by atoms with Gasteiger partial charge in [-0.3, -0.25) is 4.79 Å². The molecule has 0 aliphatic heterocycles. The minimum absolute atomic E-state index is 0.0484. The van der Waals surface area contributed by atoms with Crippen molar-refractivity contribution < 1.29 is 27.5 Å². The van der Waals surface area contributed by atoms with Crippen molar-refractivity contribution in [1.82, 2.24) is 0 Å². The van der Waals surface area contributed by atoms with Gasteiger partial charge in [-0.25, -0.2) is 13.2 Å². The van der Waals surface area contributed by atoms with E-state index >= 15 is 0 Å². The zero-order chi connectivity index (χ0) is 20.1. The first-order valence-corrected chi connectivity index (χ1v) is 9.75. The molecule has 0 fully saturated rings.